The third kappa shape index (κ3) is 4.22. The molecule has 0 saturated heterocycles. The monoisotopic (exact) mass is 278 g/mol. The summed E-state index contributed by atoms with van der Waals surface area (Å²) in [6.45, 7) is 6.10. The van der Waals surface area contributed by atoms with Crippen LogP contribution in [0.25, 0.3) is 0 Å². The van der Waals surface area contributed by atoms with Gasteiger partial charge in [-0.05, 0) is 37.6 Å². The molecule has 1 rings (SSSR count). The molecular formula is C17H30N2O. The van der Waals surface area contributed by atoms with Crippen LogP contribution in [0.3, 0.4) is 0 Å². The highest BCUT2D eigenvalue weighted by molar-refractivity contribution is 5.28. The minimum absolute atomic E-state index is 0.110. The molecule has 2 N–H and O–H groups in total. The predicted octanol–water partition coefficient (Wildman–Crippen LogP) is 3.42. The van der Waals surface area contributed by atoms with Crippen molar-refractivity contribution in [2.75, 3.05) is 20.7 Å². The number of hydrogen-bond acceptors (Lipinski definition) is 3. The van der Waals surface area contributed by atoms with Crippen molar-refractivity contribution in [1.82, 2.24) is 4.90 Å². The van der Waals surface area contributed by atoms with E-state index in [1.54, 1.807) is 7.11 Å². The van der Waals surface area contributed by atoms with Crippen molar-refractivity contribution in [2.24, 2.45) is 5.73 Å². The largest absolute Gasteiger partial charge is 0.497 e. The summed E-state index contributed by atoms with van der Waals surface area (Å²) in [5.41, 5.74) is 7.49. The highest BCUT2D eigenvalue weighted by atomic mass is 16.5. The van der Waals surface area contributed by atoms with Crippen LogP contribution in [0.15, 0.2) is 24.3 Å². The Kier molecular flexibility index (Phi) is 7.03. The van der Waals surface area contributed by atoms with Crippen LogP contribution in [0.5, 0.6) is 5.75 Å². The molecule has 0 aliphatic rings. The summed E-state index contributed by atoms with van der Waals surface area (Å²) in [7, 11) is 3.89. The Morgan fingerprint density at radius 1 is 1.30 bits per heavy atom. The molecule has 0 spiro atoms. The molecule has 0 bridgehead atoms. The van der Waals surface area contributed by atoms with Crippen molar-refractivity contribution in [2.45, 2.75) is 51.6 Å². The van der Waals surface area contributed by atoms with Crippen LogP contribution in [0.1, 0.15) is 45.1 Å². The van der Waals surface area contributed by atoms with E-state index >= 15 is 0 Å². The Morgan fingerprint density at radius 3 is 2.60 bits per heavy atom. The smallest absolute Gasteiger partial charge is 0.119 e. The normalized spacial score (nSPS) is 14.3. The first-order chi connectivity index (χ1) is 9.61. The molecule has 0 heterocycles. The molecule has 0 aromatic heterocycles. The first-order valence-corrected chi connectivity index (χ1v) is 7.66. The molecule has 3 nitrogen and oxygen atoms in total. The molecule has 0 fully saturated rings. The van der Waals surface area contributed by atoms with Crippen molar-refractivity contribution in [1.29, 1.82) is 0 Å². The van der Waals surface area contributed by atoms with Gasteiger partial charge < -0.3 is 10.5 Å². The van der Waals surface area contributed by atoms with Crippen LogP contribution in [0, 0.1) is 0 Å². The van der Waals surface area contributed by atoms with Crippen LogP contribution < -0.4 is 10.5 Å². The molecule has 1 unspecified atom stereocenters. The van der Waals surface area contributed by atoms with Crippen LogP contribution in [-0.4, -0.2) is 31.1 Å². The zero-order valence-electron chi connectivity index (χ0n) is 13.5. The van der Waals surface area contributed by atoms with Crippen LogP contribution in [0.2, 0.25) is 0 Å². The fourth-order valence-corrected chi connectivity index (χ4v) is 2.76. The molecule has 0 aliphatic heterocycles. The third-order valence-electron chi connectivity index (χ3n) is 4.40. The van der Waals surface area contributed by atoms with Crippen LogP contribution >= 0.6 is 0 Å². The molecule has 1 aromatic rings. The number of ether oxygens (including phenoxy) is 1. The Bertz CT molecular complexity index is 388. The zero-order chi connectivity index (χ0) is 15.0. The summed E-state index contributed by atoms with van der Waals surface area (Å²) in [5, 5.41) is 0. The summed E-state index contributed by atoms with van der Waals surface area (Å²) >= 11 is 0. The van der Waals surface area contributed by atoms with Gasteiger partial charge in [-0.3, -0.25) is 4.90 Å². The molecule has 0 aliphatic carbocycles. The van der Waals surface area contributed by atoms with Gasteiger partial charge in [0.15, 0.2) is 0 Å². The van der Waals surface area contributed by atoms with E-state index in [-0.39, 0.29) is 5.54 Å². The predicted molar refractivity (Wildman–Crippen MR) is 86.1 cm³/mol. The molecular weight excluding hydrogens is 248 g/mol. The lowest BCUT2D eigenvalue weighted by Crippen LogP contribution is -2.51. The lowest BCUT2D eigenvalue weighted by Gasteiger charge is -2.41. The van der Waals surface area contributed by atoms with E-state index in [0.29, 0.717) is 6.54 Å². The van der Waals surface area contributed by atoms with Gasteiger partial charge in [-0.2, -0.15) is 0 Å². The van der Waals surface area contributed by atoms with E-state index in [0.717, 1.165) is 25.1 Å². The number of likely N-dealkylation sites (N-methyl/N-ethyl adjacent to an activating group) is 1. The standard InChI is InChI=1S/C17H30N2O/c1-5-7-11-17(6-2,14-18)19(3)13-15-9-8-10-16(12-15)20-4/h8-10,12H,5-7,11,13-14,18H2,1-4H3. The van der Waals surface area contributed by atoms with Gasteiger partial charge in [0.2, 0.25) is 0 Å². The number of unbranched alkanes of at least 4 members (excludes halogenated alkanes) is 1. The van der Waals surface area contributed by atoms with Gasteiger partial charge >= 0.3 is 0 Å². The second kappa shape index (κ2) is 8.28. The Labute approximate surface area is 124 Å². The number of nitrogens with two attached hydrogens (primary N) is 1. The molecule has 1 atom stereocenters. The van der Waals surface area contributed by atoms with E-state index in [1.165, 1.54) is 18.4 Å². The number of methoxy groups -OCH3 is 1. The molecule has 0 amide bonds. The third-order valence-corrected chi connectivity index (χ3v) is 4.40. The Balaban J connectivity index is 2.81. The highest BCUT2D eigenvalue weighted by Gasteiger charge is 2.30. The maximum Gasteiger partial charge on any atom is 0.119 e. The summed E-state index contributed by atoms with van der Waals surface area (Å²) in [4.78, 5) is 2.41. The SMILES string of the molecule is CCCCC(CC)(CN)N(C)Cc1cccc(OC)c1. The quantitative estimate of drug-likeness (QED) is 0.752. The summed E-state index contributed by atoms with van der Waals surface area (Å²) in [6.07, 6.45) is 4.70. The summed E-state index contributed by atoms with van der Waals surface area (Å²) in [5.74, 6) is 0.916. The lowest BCUT2D eigenvalue weighted by molar-refractivity contribution is 0.0998. The Hall–Kier alpha value is -1.06. The van der Waals surface area contributed by atoms with Gasteiger partial charge in [0.25, 0.3) is 0 Å². The van der Waals surface area contributed by atoms with Crippen molar-refractivity contribution >= 4 is 0 Å². The number of rotatable bonds is 9. The number of nitrogens with zero attached hydrogens (tertiary/aromatic N) is 1. The minimum atomic E-state index is 0.110. The Morgan fingerprint density at radius 2 is 2.05 bits per heavy atom. The molecule has 0 radical (unpaired) electrons. The average molecular weight is 278 g/mol. The maximum atomic E-state index is 6.10. The van der Waals surface area contributed by atoms with Gasteiger partial charge in [-0.25, -0.2) is 0 Å². The van der Waals surface area contributed by atoms with Crippen molar-refractivity contribution < 1.29 is 4.74 Å². The van der Waals surface area contributed by atoms with Gasteiger partial charge in [0.05, 0.1) is 7.11 Å². The summed E-state index contributed by atoms with van der Waals surface area (Å²) < 4.78 is 5.30. The summed E-state index contributed by atoms with van der Waals surface area (Å²) in [6, 6.07) is 8.28. The van der Waals surface area contributed by atoms with Crippen LogP contribution in [0.4, 0.5) is 0 Å². The molecule has 20 heavy (non-hydrogen) atoms. The second-order valence-corrected chi connectivity index (χ2v) is 5.59. The molecule has 114 valence electrons. The topological polar surface area (TPSA) is 38.5 Å². The first kappa shape index (κ1) is 17.0. The van der Waals surface area contributed by atoms with E-state index in [2.05, 4.69) is 37.9 Å². The average Bonchev–Trinajstić information content (AvgIpc) is 2.49. The fraction of sp³-hybridized carbons (Fsp3) is 0.647. The molecule has 1 aromatic carbocycles. The zero-order valence-corrected chi connectivity index (χ0v) is 13.5. The molecule has 0 saturated carbocycles. The molecule has 3 heteroatoms. The van der Waals surface area contributed by atoms with Gasteiger partial charge in [-0.1, -0.05) is 38.8 Å². The number of hydrogen-bond donors (Lipinski definition) is 1. The van der Waals surface area contributed by atoms with Crippen molar-refractivity contribution in [3.63, 3.8) is 0 Å². The highest BCUT2D eigenvalue weighted by Crippen LogP contribution is 2.26. The van der Waals surface area contributed by atoms with E-state index in [9.17, 15) is 0 Å². The van der Waals surface area contributed by atoms with E-state index in [4.69, 9.17) is 10.5 Å². The van der Waals surface area contributed by atoms with Crippen LogP contribution in [-0.2, 0) is 6.54 Å². The van der Waals surface area contributed by atoms with Gasteiger partial charge in [0.1, 0.15) is 5.75 Å². The maximum absolute atomic E-state index is 6.10. The lowest BCUT2D eigenvalue weighted by atomic mass is 9.87. The number of benzene rings is 1. The van der Waals surface area contributed by atoms with Crippen molar-refractivity contribution in [3.8, 4) is 5.75 Å². The van der Waals surface area contributed by atoms with Crippen molar-refractivity contribution in [3.05, 3.63) is 29.8 Å². The van der Waals surface area contributed by atoms with E-state index < -0.39 is 0 Å². The minimum Gasteiger partial charge on any atom is -0.497 e. The van der Waals surface area contributed by atoms with Gasteiger partial charge in [0, 0.05) is 18.6 Å². The second-order valence-electron chi connectivity index (χ2n) is 5.59. The fourth-order valence-electron chi connectivity index (χ4n) is 2.76. The van der Waals surface area contributed by atoms with E-state index in [1.807, 2.05) is 12.1 Å². The van der Waals surface area contributed by atoms with Gasteiger partial charge in [-0.15, -0.1) is 0 Å². The first-order valence-electron chi connectivity index (χ1n) is 7.66.